The van der Waals surface area contributed by atoms with Gasteiger partial charge in [-0.2, -0.15) is 0 Å². The molecule has 0 spiro atoms. The first-order valence-electron chi connectivity index (χ1n) is 7.77. The van der Waals surface area contributed by atoms with E-state index in [1.165, 1.54) is 5.56 Å². The van der Waals surface area contributed by atoms with Gasteiger partial charge in [-0.25, -0.2) is 4.98 Å². The molecule has 3 heteroatoms. The summed E-state index contributed by atoms with van der Waals surface area (Å²) in [5.74, 6) is 4.12. The van der Waals surface area contributed by atoms with E-state index in [1.54, 1.807) is 0 Å². The molecule has 1 unspecified atom stereocenters. The summed E-state index contributed by atoms with van der Waals surface area (Å²) in [4.78, 5) is 4.77. The summed E-state index contributed by atoms with van der Waals surface area (Å²) < 4.78 is 2.08. The van der Waals surface area contributed by atoms with Gasteiger partial charge in [-0.05, 0) is 30.0 Å². The lowest BCUT2D eigenvalue weighted by molar-refractivity contribution is 0.555. The van der Waals surface area contributed by atoms with Crippen LogP contribution in [-0.4, -0.2) is 9.55 Å². The van der Waals surface area contributed by atoms with Gasteiger partial charge in [0, 0.05) is 0 Å². The number of nitrogens with two attached hydrogens (primary N) is 1. The van der Waals surface area contributed by atoms with Gasteiger partial charge in [-0.3, -0.25) is 0 Å². The van der Waals surface area contributed by atoms with Gasteiger partial charge in [-0.15, -0.1) is 6.42 Å². The minimum Gasteiger partial charge on any atom is -0.321 e. The van der Waals surface area contributed by atoms with Crippen LogP contribution in [-0.2, 0) is 6.54 Å². The van der Waals surface area contributed by atoms with Gasteiger partial charge in [-0.1, -0.05) is 45.6 Å². The predicted molar refractivity (Wildman–Crippen MR) is 89.1 cm³/mol. The first-order chi connectivity index (χ1) is 10.1. The van der Waals surface area contributed by atoms with Crippen LogP contribution in [0.5, 0.6) is 0 Å². The Balaban J connectivity index is 2.48. The fourth-order valence-corrected chi connectivity index (χ4v) is 2.62. The molecule has 21 heavy (non-hydrogen) atoms. The summed E-state index contributed by atoms with van der Waals surface area (Å²) in [5, 5.41) is 0. The van der Waals surface area contributed by atoms with E-state index in [9.17, 15) is 0 Å². The molecule has 1 aromatic heterocycles. The molecule has 0 amide bonds. The molecule has 112 valence electrons. The largest absolute Gasteiger partial charge is 0.321 e. The SMILES string of the molecule is C#CCn1c(C(N)CCCC)nc2cc(C(C)C)ccc21. The quantitative estimate of drug-likeness (QED) is 0.815. The molecule has 0 saturated heterocycles. The smallest absolute Gasteiger partial charge is 0.127 e. The molecule has 1 atom stereocenters. The second kappa shape index (κ2) is 6.78. The van der Waals surface area contributed by atoms with Gasteiger partial charge in [0.25, 0.3) is 0 Å². The summed E-state index contributed by atoms with van der Waals surface area (Å²) in [6.45, 7) is 7.07. The molecule has 0 radical (unpaired) electrons. The van der Waals surface area contributed by atoms with Crippen molar-refractivity contribution in [3.05, 3.63) is 29.6 Å². The highest BCUT2D eigenvalue weighted by Gasteiger charge is 2.16. The van der Waals surface area contributed by atoms with E-state index in [0.29, 0.717) is 12.5 Å². The van der Waals surface area contributed by atoms with E-state index >= 15 is 0 Å². The Bertz CT molecular complexity index is 646. The Labute approximate surface area is 127 Å². The Morgan fingerprint density at radius 1 is 1.38 bits per heavy atom. The van der Waals surface area contributed by atoms with Gasteiger partial charge in [0.15, 0.2) is 0 Å². The van der Waals surface area contributed by atoms with Crippen molar-refractivity contribution in [3.63, 3.8) is 0 Å². The van der Waals surface area contributed by atoms with Crippen molar-refractivity contribution in [1.29, 1.82) is 0 Å². The number of rotatable bonds is 6. The molecular weight excluding hydrogens is 258 g/mol. The molecule has 2 aromatic rings. The van der Waals surface area contributed by atoms with Crippen molar-refractivity contribution < 1.29 is 0 Å². The van der Waals surface area contributed by atoms with E-state index in [-0.39, 0.29) is 6.04 Å². The van der Waals surface area contributed by atoms with Gasteiger partial charge >= 0.3 is 0 Å². The molecule has 2 rings (SSSR count). The highest BCUT2D eigenvalue weighted by atomic mass is 15.1. The average Bonchev–Trinajstić information content (AvgIpc) is 2.83. The molecule has 0 aliphatic rings. The molecule has 1 aromatic carbocycles. The van der Waals surface area contributed by atoms with Crippen LogP contribution in [0, 0.1) is 12.3 Å². The monoisotopic (exact) mass is 283 g/mol. The maximum atomic E-state index is 6.32. The van der Waals surface area contributed by atoms with E-state index in [2.05, 4.69) is 49.5 Å². The molecule has 0 saturated carbocycles. The molecule has 0 aliphatic heterocycles. The second-order valence-corrected chi connectivity index (χ2v) is 5.91. The molecule has 3 nitrogen and oxygen atoms in total. The topological polar surface area (TPSA) is 43.8 Å². The maximum Gasteiger partial charge on any atom is 0.127 e. The highest BCUT2D eigenvalue weighted by Crippen LogP contribution is 2.25. The lowest BCUT2D eigenvalue weighted by Gasteiger charge is -2.12. The van der Waals surface area contributed by atoms with Crippen molar-refractivity contribution >= 4 is 11.0 Å². The summed E-state index contributed by atoms with van der Waals surface area (Å²) in [5.41, 5.74) is 9.70. The van der Waals surface area contributed by atoms with Crippen molar-refractivity contribution in [3.8, 4) is 12.3 Å². The van der Waals surface area contributed by atoms with Crippen LogP contribution in [0.2, 0.25) is 0 Å². The minimum atomic E-state index is -0.0480. The molecule has 0 fully saturated rings. The number of fused-ring (bicyclic) bond motifs is 1. The molecule has 0 aliphatic carbocycles. The molecular formula is C18H25N3. The molecule has 0 bridgehead atoms. The van der Waals surface area contributed by atoms with Crippen molar-refractivity contribution in [1.82, 2.24) is 9.55 Å². The number of unbranched alkanes of at least 4 members (excludes halogenated alkanes) is 1. The van der Waals surface area contributed by atoms with Gasteiger partial charge in [0.2, 0.25) is 0 Å². The van der Waals surface area contributed by atoms with Crippen LogP contribution in [0.1, 0.15) is 63.4 Å². The number of hydrogen-bond donors (Lipinski definition) is 1. The van der Waals surface area contributed by atoms with Gasteiger partial charge in [0.1, 0.15) is 5.82 Å². The number of nitrogens with zero attached hydrogens (tertiary/aromatic N) is 2. The van der Waals surface area contributed by atoms with Crippen LogP contribution in [0.15, 0.2) is 18.2 Å². The zero-order chi connectivity index (χ0) is 15.4. The van der Waals surface area contributed by atoms with Crippen LogP contribution < -0.4 is 5.73 Å². The Hall–Kier alpha value is -1.79. The Morgan fingerprint density at radius 2 is 2.14 bits per heavy atom. The second-order valence-electron chi connectivity index (χ2n) is 5.91. The van der Waals surface area contributed by atoms with E-state index in [0.717, 1.165) is 36.1 Å². The average molecular weight is 283 g/mol. The zero-order valence-electron chi connectivity index (χ0n) is 13.3. The lowest BCUT2D eigenvalue weighted by atomic mass is 10.0. The standard InChI is InChI=1S/C18H25N3/c1-5-7-8-15(19)18-20-16-12-14(13(3)4)9-10-17(16)21(18)11-6-2/h2,9-10,12-13,15H,5,7-8,11,19H2,1,3-4H3. The normalized spacial score (nSPS) is 12.8. The lowest BCUT2D eigenvalue weighted by Crippen LogP contribution is -2.16. The van der Waals surface area contributed by atoms with Gasteiger partial charge in [0.05, 0.1) is 23.6 Å². The van der Waals surface area contributed by atoms with E-state index in [4.69, 9.17) is 17.1 Å². The number of terminal acetylenes is 1. The molecule has 1 heterocycles. The third kappa shape index (κ3) is 3.28. The summed E-state index contributed by atoms with van der Waals surface area (Å²) >= 11 is 0. The number of hydrogen-bond acceptors (Lipinski definition) is 2. The third-order valence-corrected chi connectivity index (χ3v) is 3.92. The van der Waals surface area contributed by atoms with Crippen LogP contribution in [0.25, 0.3) is 11.0 Å². The summed E-state index contributed by atoms with van der Waals surface area (Å²) in [6, 6.07) is 6.38. The summed E-state index contributed by atoms with van der Waals surface area (Å²) in [6.07, 6.45) is 8.71. The van der Waals surface area contributed by atoms with Crippen molar-refractivity contribution in [2.75, 3.05) is 0 Å². The number of imidazole rings is 1. The number of benzene rings is 1. The zero-order valence-corrected chi connectivity index (χ0v) is 13.3. The fourth-order valence-electron chi connectivity index (χ4n) is 2.62. The van der Waals surface area contributed by atoms with Crippen molar-refractivity contribution in [2.24, 2.45) is 5.73 Å². The van der Waals surface area contributed by atoms with Gasteiger partial charge < -0.3 is 10.3 Å². The maximum absolute atomic E-state index is 6.32. The Morgan fingerprint density at radius 3 is 2.76 bits per heavy atom. The number of aromatic nitrogens is 2. The van der Waals surface area contributed by atoms with Crippen LogP contribution >= 0.6 is 0 Å². The molecule has 2 N–H and O–H groups in total. The highest BCUT2D eigenvalue weighted by molar-refractivity contribution is 5.77. The Kier molecular flexibility index (Phi) is 5.03. The van der Waals surface area contributed by atoms with E-state index < -0.39 is 0 Å². The third-order valence-electron chi connectivity index (χ3n) is 3.92. The van der Waals surface area contributed by atoms with Crippen molar-refractivity contribution in [2.45, 2.75) is 58.5 Å². The summed E-state index contributed by atoms with van der Waals surface area (Å²) in [7, 11) is 0. The first kappa shape index (κ1) is 15.6. The van der Waals surface area contributed by atoms with E-state index in [1.807, 2.05) is 0 Å². The first-order valence-corrected chi connectivity index (χ1v) is 7.77. The fraction of sp³-hybridized carbons (Fsp3) is 0.500. The minimum absolute atomic E-state index is 0.0480. The van der Waals surface area contributed by atoms with Crippen LogP contribution in [0.4, 0.5) is 0 Å². The van der Waals surface area contributed by atoms with Crippen LogP contribution in [0.3, 0.4) is 0 Å². The predicted octanol–water partition coefficient (Wildman–Crippen LogP) is 3.98.